The summed E-state index contributed by atoms with van der Waals surface area (Å²) < 4.78 is 5.59. The lowest BCUT2D eigenvalue weighted by atomic mass is 10.3. The third kappa shape index (κ3) is 5.56. The lowest BCUT2D eigenvalue weighted by molar-refractivity contribution is 0.261. The lowest BCUT2D eigenvalue weighted by Gasteiger charge is -2.11. The lowest BCUT2D eigenvalue weighted by Crippen LogP contribution is -2.19. The van der Waals surface area contributed by atoms with Gasteiger partial charge in [0.25, 0.3) is 0 Å². The van der Waals surface area contributed by atoms with Crippen molar-refractivity contribution in [1.29, 1.82) is 0 Å². The zero-order chi connectivity index (χ0) is 12.7. The maximum Gasteiger partial charge on any atom is 0.121 e. The molecule has 0 atom stereocenters. The van der Waals surface area contributed by atoms with E-state index in [4.69, 9.17) is 22.1 Å². The highest BCUT2D eigenvalue weighted by Crippen LogP contribution is 2.19. The van der Waals surface area contributed by atoms with Crippen LogP contribution in [0.1, 0.15) is 0 Å². The van der Waals surface area contributed by atoms with E-state index >= 15 is 0 Å². The molecule has 0 aliphatic rings. The summed E-state index contributed by atoms with van der Waals surface area (Å²) in [5.41, 5.74) is 6.32. The van der Waals surface area contributed by atoms with E-state index < -0.39 is 0 Å². The summed E-state index contributed by atoms with van der Waals surface area (Å²) in [6.07, 6.45) is 0. The maximum atomic E-state index is 5.59. The minimum Gasteiger partial charge on any atom is -0.492 e. The van der Waals surface area contributed by atoms with Gasteiger partial charge in [-0.05, 0) is 26.2 Å². The topological polar surface area (TPSA) is 50.8 Å². The Morgan fingerprint density at radius 1 is 1.47 bits per heavy atom. The number of hydrogen-bond acceptors (Lipinski definition) is 3. The number of alkyl halides is 1. The molecule has 0 radical (unpaired) electrons. The summed E-state index contributed by atoms with van der Waals surface area (Å²) in [7, 11) is 4.01. The van der Waals surface area contributed by atoms with Crippen molar-refractivity contribution in [2.45, 2.75) is 0 Å². The number of aliphatic imine (C=N–C) groups is 1. The van der Waals surface area contributed by atoms with Crippen molar-refractivity contribution in [2.75, 3.05) is 33.1 Å². The first-order valence-electron chi connectivity index (χ1n) is 5.38. The van der Waals surface area contributed by atoms with E-state index in [0.29, 0.717) is 12.4 Å². The zero-order valence-corrected chi connectivity index (χ0v) is 10.9. The average Bonchev–Trinajstić information content (AvgIpc) is 2.29. The largest absolute Gasteiger partial charge is 0.492 e. The Bertz CT molecular complexity index is 380. The average molecular weight is 256 g/mol. The minimum atomic E-state index is 0.228. The highest BCUT2D eigenvalue weighted by molar-refractivity contribution is 6.28. The minimum absolute atomic E-state index is 0.228. The Morgan fingerprint density at radius 3 is 2.88 bits per heavy atom. The van der Waals surface area contributed by atoms with Crippen molar-refractivity contribution in [3.05, 3.63) is 24.3 Å². The van der Waals surface area contributed by atoms with Gasteiger partial charge in [-0.2, -0.15) is 0 Å². The van der Waals surface area contributed by atoms with Crippen LogP contribution in [0.5, 0.6) is 5.75 Å². The predicted octanol–water partition coefficient (Wildman–Crippen LogP) is 1.85. The van der Waals surface area contributed by atoms with Crippen molar-refractivity contribution in [1.82, 2.24) is 4.90 Å². The summed E-state index contributed by atoms with van der Waals surface area (Å²) in [5.74, 6) is 1.42. The van der Waals surface area contributed by atoms with Crippen molar-refractivity contribution >= 4 is 23.1 Å². The van der Waals surface area contributed by atoms with E-state index in [9.17, 15) is 0 Å². The molecule has 1 aromatic rings. The van der Waals surface area contributed by atoms with Crippen molar-refractivity contribution < 1.29 is 4.74 Å². The molecule has 17 heavy (non-hydrogen) atoms. The quantitative estimate of drug-likeness (QED) is 0.480. The number of benzene rings is 1. The molecule has 0 amide bonds. The molecule has 2 N–H and O–H groups in total. The highest BCUT2D eigenvalue weighted by atomic mass is 35.5. The van der Waals surface area contributed by atoms with Gasteiger partial charge in [-0.15, -0.1) is 11.6 Å². The molecular formula is C12H18ClN3O. The molecule has 0 unspecified atom stereocenters. The van der Waals surface area contributed by atoms with E-state index in [1.807, 2.05) is 38.4 Å². The van der Waals surface area contributed by atoms with Gasteiger partial charge < -0.3 is 15.4 Å². The van der Waals surface area contributed by atoms with E-state index in [1.54, 1.807) is 0 Å². The Morgan fingerprint density at radius 2 is 2.24 bits per heavy atom. The summed E-state index contributed by atoms with van der Waals surface area (Å²) in [6, 6.07) is 7.48. The predicted molar refractivity (Wildman–Crippen MR) is 72.5 cm³/mol. The molecule has 0 spiro atoms. The summed E-state index contributed by atoms with van der Waals surface area (Å²) >= 11 is 5.57. The van der Waals surface area contributed by atoms with Crippen LogP contribution in [0.3, 0.4) is 0 Å². The number of amidine groups is 1. The molecule has 0 aliphatic heterocycles. The molecule has 0 heterocycles. The van der Waals surface area contributed by atoms with E-state index in [1.165, 1.54) is 0 Å². The summed E-state index contributed by atoms with van der Waals surface area (Å²) in [6.45, 7) is 1.52. The molecule has 1 aromatic carbocycles. The second-order valence-corrected chi connectivity index (χ2v) is 4.15. The fourth-order valence-electron chi connectivity index (χ4n) is 1.18. The van der Waals surface area contributed by atoms with Gasteiger partial charge in [0.1, 0.15) is 18.2 Å². The second-order valence-electron chi connectivity index (χ2n) is 3.89. The van der Waals surface area contributed by atoms with Crippen molar-refractivity contribution in [2.24, 2.45) is 10.7 Å². The Labute approximate surface area is 107 Å². The standard InChI is InChI=1S/C12H18ClN3O/c1-16(2)6-7-17-11-5-3-4-10(8-11)15-12(14)9-13/h3-5,8H,6-7,9H2,1-2H3,(H2,14,15). The number of likely N-dealkylation sites (N-methyl/N-ethyl adjacent to an activating group) is 1. The Balaban J connectivity index is 2.60. The van der Waals surface area contributed by atoms with E-state index in [0.717, 1.165) is 18.0 Å². The molecule has 1 rings (SSSR count). The van der Waals surface area contributed by atoms with Crippen LogP contribution < -0.4 is 10.5 Å². The van der Waals surface area contributed by atoms with Gasteiger partial charge in [0.2, 0.25) is 0 Å². The van der Waals surface area contributed by atoms with Crippen LogP contribution in [0.4, 0.5) is 5.69 Å². The van der Waals surface area contributed by atoms with Crippen LogP contribution in [-0.2, 0) is 0 Å². The van der Waals surface area contributed by atoms with E-state index in [2.05, 4.69) is 9.89 Å². The molecule has 4 nitrogen and oxygen atoms in total. The number of ether oxygens (including phenoxy) is 1. The van der Waals surface area contributed by atoms with Gasteiger partial charge >= 0.3 is 0 Å². The molecule has 0 saturated heterocycles. The first-order valence-corrected chi connectivity index (χ1v) is 5.92. The number of rotatable bonds is 6. The second kappa shape index (κ2) is 7.14. The third-order valence-corrected chi connectivity index (χ3v) is 2.31. The summed E-state index contributed by atoms with van der Waals surface area (Å²) in [5, 5.41) is 0. The highest BCUT2D eigenvalue weighted by Gasteiger charge is 1.97. The number of hydrogen-bond donors (Lipinski definition) is 1. The number of halogens is 1. The molecule has 5 heteroatoms. The fraction of sp³-hybridized carbons (Fsp3) is 0.417. The number of nitrogens with zero attached hydrogens (tertiary/aromatic N) is 2. The molecule has 94 valence electrons. The Kier molecular flexibility index (Phi) is 5.80. The van der Waals surface area contributed by atoms with Crippen LogP contribution in [0.15, 0.2) is 29.3 Å². The maximum absolute atomic E-state index is 5.59. The van der Waals surface area contributed by atoms with E-state index in [-0.39, 0.29) is 5.88 Å². The van der Waals surface area contributed by atoms with Crippen LogP contribution in [0.2, 0.25) is 0 Å². The van der Waals surface area contributed by atoms with Crippen LogP contribution in [0, 0.1) is 0 Å². The van der Waals surface area contributed by atoms with Gasteiger partial charge in [-0.25, -0.2) is 4.99 Å². The molecule has 0 fully saturated rings. The first-order chi connectivity index (χ1) is 8.11. The molecule has 0 saturated carbocycles. The normalized spacial score (nSPS) is 11.9. The first kappa shape index (κ1) is 13.8. The van der Waals surface area contributed by atoms with Crippen molar-refractivity contribution in [3.8, 4) is 5.75 Å². The van der Waals surface area contributed by atoms with Gasteiger partial charge in [-0.3, -0.25) is 0 Å². The van der Waals surface area contributed by atoms with Crippen LogP contribution in [0.25, 0.3) is 0 Å². The fourth-order valence-corrected chi connectivity index (χ4v) is 1.24. The van der Waals surface area contributed by atoms with Crippen LogP contribution >= 0.6 is 11.6 Å². The molecule has 0 aliphatic carbocycles. The molecular weight excluding hydrogens is 238 g/mol. The molecule has 0 aromatic heterocycles. The summed E-state index contributed by atoms with van der Waals surface area (Å²) in [4.78, 5) is 6.22. The molecule has 0 bridgehead atoms. The van der Waals surface area contributed by atoms with Gasteiger partial charge in [0.05, 0.1) is 11.6 Å². The number of nitrogens with two attached hydrogens (primary N) is 1. The monoisotopic (exact) mass is 255 g/mol. The van der Waals surface area contributed by atoms with Gasteiger partial charge in [0.15, 0.2) is 0 Å². The zero-order valence-electron chi connectivity index (χ0n) is 10.2. The smallest absolute Gasteiger partial charge is 0.121 e. The third-order valence-electron chi connectivity index (χ3n) is 2.03. The SMILES string of the molecule is CN(C)CCOc1cccc(N=C(N)CCl)c1. The Hall–Kier alpha value is -1.26. The van der Waals surface area contributed by atoms with Gasteiger partial charge in [-0.1, -0.05) is 6.07 Å². The van der Waals surface area contributed by atoms with Crippen LogP contribution in [-0.4, -0.2) is 43.9 Å². The van der Waals surface area contributed by atoms with Gasteiger partial charge in [0, 0.05) is 12.6 Å². The van der Waals surface area contributed by atoms with Crippen molar-refractivity contribution in [3.63, 3.8) is 0 Å².